The summed E-state index contributed by atoms with van der Waals surface area (Å²) in [5.74, 6) is 0. The quantitative estimate of drug-likeness (QED) is 0.664. The molecule has 0 aliphatic carbocycles. The lowest BCUT2D eigenvalue weighted by Crippen LogP contribution is -2.36. The summed E-state index contributed by atoms with van der Waals surface area (Å²) in [6.07, 6.45) is 2.04. The van der Waals surface area contributed by atoms with Crippen LogP contribution in [0.2, 0.25) is 0 Å². The standard InChI is InChI=1S/C8H17NO2.ClH/c10-6-2-1-3-9-4-7-11-8-5-9;/h10H,1-8H2;1H. The molecule has 1 N–H and O–H groups in total. The van der Waals surface area contributed by atoms with Crippen LogP contribution in [0.15, 0.2) is 0 Å². The highest BCUT2D eigenvalue weighted by Crippen LogP contribution is 1.99. The van der Waals surface area contributed by atoms with E-state index in [2.05, 4.69) is 4.90 Å². The molecule has 74 valence electrons. The van der Waals surface area contributed by atoms with Crippen molar-refractivity contribution in [2.24, 2.45) is 0 Å². The molecular weight excluding hydrogens is 178 g/mol. The summed E-state index contributed by atoms with van der Waals surface area (Å²) in [6.45, 7) is 5.31. The van der Waals surface area contributed by atoms with Gasteiger partial charge in [0, 0.05) is 19.7 Å². The molecule has 1 fully saturated rings. The molecule has 1 saturated heterocycles. The Kier molecular flexibility index (Phi) is 7.91. The zero-order valence-corrected chi connectivity index (χ0v) is 8.18. The van der Waals surface area contributed by atoms with Crippen LogP contribution in [0, 0.1) is 0 Å². The highest BCUT2D eigenvalue weighted by atomic mass is 35.5. The SMILES string of the molecule is Cl.OCCCCN1CCOCC1. The third-order valence-corrected chi connectivity index (χ3v) is 1.99. The van der Waals surface area contributed by atoms with Crippen molar-refractivity contribution in [2.45, 2.75) is 12.8 Å². The predicted molar refractivity (Wildman–Crippen MR) is 50.8 cm³/mol. The maximum Gasteiger partial charge on any atom is 0.0594 e. The van der Waals surface area contributed by atoms with Crippen molar-refractivity contribution in [1.29, 1.82) is 0 Å². The maximum atomic E-state index is 8.55. The lowest BCUT2D eigenvalue weighted by molar-refractivity contribution is 0.0366. The highest BCUT2D eigenvalue weighted by Gasteiger charge is 2.08. The minimum Gasteiger partial charge on any atom is -0.396 e. The van der Waals surface area contributed by atoms with Crippen molar-refractivity contribution < 1.29 is 9.84 Å². The Morgan fingerprint density at radius 3 is 2.42 bits per heavy atom. The number of morpholine rings is 1. The average Bonchev–Trinajstić information content (AvgIpc) is 2.07. The molecule has 1 heterocycles. The van der Waals surface area contributed by atoms with E-state index in [0.717, 1.165) is 45.7 Å². The van der Waals surface area contributed by atoms with Gasteiger partial charge in [-0.2, -0.15) is 0 Å². The van der Waals surface area contributed by atoms with Gasteiger partial charge in [0.2, 0.25) is 0 Å². The Labute approximate surface area is 80.1 Å². The molecule has 0 atom stereocenters. The molecule has 0 aromatic heterocycles. The second-order valence-corrected chi connectivity index (χ2v) is 2.88. The summed E-state index contributed by atoms with van der Waals surface area (Å²) in [5.41, 5.74) is 0. The summed E-state index contributed by atoms with van der Waals surface area (Å²) in [5, 5.41) is 8.55. The van der Waals surface area contributed by atoms with Gasteiger partial charge in [-0.05, 0) is 19.4 Å². The van der Waals surface area contributed by atoms with E-state index < -0.39 is 0 Å². The maximum absolute atomic E-state index is 8.55. The lowest BCUT2D eigenvalue weighted by Gasteiger charge is -2.26. The third-order valence-electron chi connectivity index (χ3n) is 1.99. The van der Waals surface area contributed by atoms with E-state index in [1.165, 1.54) is 0 Å². The van der Waals surface area contributed by atoms with Crippen LogP contribution < -0.4 is 0 Å². The second-order valence-electron chi connectivity index (χ2n) is 2.88. The zero-order chi connectivity index (χ0) is 7.94. The van der Waals surface area contributed by atoms with Gasteiger partial charge in [0.15, 0.2) is 0 Å². The molecule has 0 bridgehead atoms. The number of halogens is 1. The molecule has 1 aliphatic rings. The highest BCUT2D eigenvalue weighted by molar-refractivity contribution is 5.85. The molecule has 0 aromatic carbocycles. The molecule has 1 aliphatic heterocycles. The molecule has 0 saturated carbocycles. The Hall–Kier alpha value is 0.170. The van der Waals surface area contributed by atoms with E-state index in [-0.39, 0.29) is 12.4 Å². The molecule has 0 radical (unpaired) electrons. The second kappa shape index (κ2) is 7.80. The van der Waals surface area contributed by atoms with E-state index in [1.807, 2.05) is 0 Å². The van der Waals surface area contributed by atoms with Crippen LogP contribution in [0.3, 0.4) is 0 Å². The molecular formula is C8H18ClNO2. The average molecular weight is 196 g/mol. The minimum absolute atomic E-state index is 0. The summed E-state index contributed by atoms with van der Waals surface area (Å²) < 4.78 is 5.21. The largest absolute Gasteiger partial charge is 0.396 e. The molecule has 12 heavy (non-hydrogen) atoms. The fourth-order valence-corrected chi connectivity index (χ4v) is 1.27. The first-order chi connectivity index (χ1) is 5.43. The van der Waals surface area contributed by atoms with Crippen LogP contribution in [0.5, 0.6) is 0 Å². The number of hydrogen-bond acceptors (Lipinski definition) is 3. The van der Waals surface area contributed by atoms with E-state index in [1.54, 1.807) is 0 Å². The fourth-order valence-electron chi connectivity index (χ4n) is 1.27. The summed E-state index contributed by atoms with van der Waals surface area (Å²) in [6, 6.07) is 0. The van der Waals surface area contributed by atoms with Crippen molar-refractivity contribution in [3.05, 3.63) is 0 Å². The number of aliphatic hydroxyl groups is 1. The molecule has 1 rings (SSSR count). The first-order valence-electron chi connectivity index (χ1n) is 4.34. The number of hydrogen-bond donors (Lipinski definition) is 1. The van der Waals surface area contributed by atoms with E-state index >= 15 is 0 Å². The van der Waals surface area contributed by atoms with E-state index in [0.29, 0.717) is 6.61 Å². The monoisotopic (exact) mass is 195 g/mol. The Morgan fingerprint density at radius 2 is 1.83 bits per heavy atom. The Balaban J connectivity index is 0.00000121. The minimum atomic E-state index is 0. The van der Waals surface area contributed by atoms with Gasteiger partial charge >= 0.3 is 0 Å². The number of ether oxygens (including phenoxy) is 1. The first kappa shape index (κ1) is 12.2. The van der Waals surface area contributed by atoms with Gasteiger partial charge in [-0.25, -0.2) is 0 Å². The Morgan fingerprint density at radius 1 is 1.17 bits per heavy atom. The van der Waals surface area contributed by atoms with Gasteiger partial charge in [-0.15, -0.1) is 12.4 Å². The van der Waals surface area contributed by atoms with Gasteiger partial charge in [-0.1, -0.05) is 0 Å². The van der Waals surface area contributed by atoms with Crippen LogP contribution in [0.4, 0.5) is 0 Å². The van der Waals surface area contributed by atoms with Gasteiger partial charge < -0.3 is 9.84 Å². The van der Waals surface area contributed by atoms with Crippen LogP contribution in [0.25, 0.3) is 0 Å². The molecule has 0 spiro atoms. The van der Waals surface area contributed by atoms with Gasteiger partial charge in [0.1, 0.15) is 0 Å². The van der Waals surface area contributed by atoms with Crippen molar-refractivity contribution in [3.63, 3.8) is 0 Å². The number of rotatable bonds is 4. The number of unbranched alkanes of at least 4 members (excludes halogenated alkanes) is 1. The van der Waals surface area contributed by atoms with E-state index in [4.69, 9.17) is 9.84 Å². The topological polar surface area (TPSA) is 32.7 Å². The van der Waals surface area contributed by atoms with Crippen LogP contribution >= 0.6 is 12.4 Å². The van der Waals surface area contributed by atoms with Crippen molar-refractivity contribution >= 4 is 12.4 Å². The molecule has 0 amide bonds. The van der Waals surface area contributed by atoms with Crippen LogP contribution in [0.1, 0.15) is 12.8 Å². The predicted octanol–water partition coefficient (Wildman–Crippen LogP) is 0.513. The fraction of sp³-hybridized carbons (Fsp3) is 1.00. The van der Waals surface area contributed by atoms with Crippen molar-refractivity contribution in [3.8, 4) is 0 Å². The zero-order valence-electron chi connectivity index (χ0n) is 7.37. The normalized spacial score (nSPS) is 18.8. The van der Waals surface area contributed by atoms with Crippen LogP contribution in [-0.4, -0.2) is 49.5 Å². The van der Waals surface area contributed by atoms with Crippen LogP contribution in [-0.2, 0) is 4.74 Å². The lowest BCUT2D eigenvalue weighted by atomic mass is 10.3. The Bertz CT molecular complexity index is 97.1. The first-order valence-corrected chi connectivity index (χ1v) is 4.34. The molecule has 4 heteroatoms. The summed E-state index contributed by atoms with van der Waals surface area (Å²) in [4.78, 5) is 2.39. The third kappa shape index (κ3) is 4.93. The summed E-state index contributed by atoms with van der Waals surface area (Å²) in [7, 11) is 0. The van der Waals surface area contributed by atoms with Crippen molar-refractivity contribution in [2.75, 3.05) is 39.5 Å². The number of nitrogens with zero attached hydrogens (tertiary/aromatic N) is 1. The smallest absolute Gasteiger partial charge is 0.0594 e. The summed E-state index contributed by atoms with van der Waals surface area (Å²) >= 11 is 0. The molecule has 0 unspecified atom stereocenters. The van der Waals surface area contributed by atoms with E-state index in [9.17, 15) is 0 Å². The molecule has 0 aromatic rings. The number of aliphatic hydroxyl groups excluding tert-OH is 1. The van der Waals surface area contributed by atoms with Gasteiger partial charge in [0.05, 0.1) is 13.2 Å². The van der Waals surface area contributed by atoms with Gasteiger partial charge in [-0.3, -0.25) is 4.90 Å². The van der Waals surface area contributed by atoms with Gasteiger partial charge in [0.25, 0.3) is 0 Å². The van der Waals surface area contributed by atoms with Crippen molar-refractivity contribution in [1.82, 2.24) is 4.90 Å². The molecule has 3 nitrogen and oxygen atoms in total.